The summed E-state index contributed by atoms with van der Waals surface area (Å²) in [5, 5.41) is 18.3. The first-order chi connectivity index (χ1) is 9.56. The van der Waals surface area contributed by atoms with E-state index in [0.717, 1.165) is 17.7 Å². The number of nitrogens with zero attached hydrogens (tertiary/aromatic N) is 2. The molecule has 4 nitrogen and oxygen atoms in total. The van der Waals surface area contributed by atoms with Crippen LogP contribution >= 0.6 is 11.6 Å². The third-order valence-corrected chi connectivity index (χ3v) is 3.49. The lowest BCUT2D eigenvalue weighted by atomic mass is 10.1. The lowest BCUT2D eigenvalue weighted by molar-refractivity contribution is 0.169. The maximum Gasteiger partial charge on any atom is 0.0928 e. The summed E-state index contributed by atoms with van der Waals surface area (Å²) in [6.07, 6.45) is 3.24. The number of aryl methyl sites for hydroxylation is 1. The standard InChI is InChI=1S/C15H20ClN3O/c1-11-7-18-19(9-11)10-12(2)17-8-15(20)13-5-3-4-6-14(13)16/h3-7,9,12,15,17,20H,8,10H2,1-2H3. The van der Waals surface area contributed by atoms with Crippen LogP contribution < -0.4 is 5.32 Å². The van der Waals surface area contributed by atoms with Crippen LogP contribution in [-0.4, -0.2) is 27.5 Å². The van der Waals surface area contributed by atoms with Gasteiger partial charge in [0, 0.05) is 29.4 Å². The van der Waals surface area contributed by atoms with Crippen molar-refractivity contribution in [1.82, 2.24) is 15.1 Å². The van der Waals surface area contributed by atoms with E-state index in [4.69, 9.17) is 11.6 Å². The number of rotatable bonds is 6. The molecule has 0 saturated carbocycles. The molecular formula is C15H20ClN3O. The highest BCUT2D eigenvalue weighted by Crippen LogP contribution is 2.21. The molecule has 1 heterocycles. The van der Waals surface area contributed by atoms with Crippen LogP contribution in [0.4, 0.5) is 0 Å². The smallest absolute Gasteiger partial charge is 0.0928 e. The van der Waals surface area contributed by atoms with Gasteiger partial charge in [-0.15, -0.1) is 0 Å². The molecule has 20 heavy (non-hydrogen) atoms. The SMILES string of the molecule is Cc1cnn(CC(C)NCC(O)c2ccccc2Cl)c1. The van der Waals surface area contributed by atoms with Gasteiger partial charge in [-0.25, -0.2) is 0 Å². The molecule has 0 aliphatic heterocycles. The van der Waals surface area contributed by atoms with Crippen LogP contribution in [0, 0.1) is 6.92 Å². The second-order valence-electron chi connectivity index (χ2n) is 5.09. The minimum absolute atomic E-state index is 0.214. The van der Waals surface area contributed by atoms with E-state index in [0.29, 0.717) is 11.6 Å². The Balaban J connectivity index is 1.84. The average Bonchev–Trinajstić information content (AvgIpc) is 2.82. The number of nitrogens with one attached hydrogen (secondary N) is 1. The third kappa shape index (κ3) is 4.07. The number of aromatic nitrogens is 2. The Kier molecular flexibility index (Phi) is 5.17. The normalized spacial score (nSPS) is 14.2. The van der Waals surface area contributed by atoms with Gasteiger partial charge >= 0.3 is 0 Å². The van der Waals surface area contributed by atoms with E-state index < -0.39 is 6.10 Å². The van der Waals surface area contributed by atoms with Crippen molar-refractivity contribution >= 4 is 11.6 Å². The van der Waals surface area contributed by atoms with Crippen molar-refractivity contribution in [2.24, 2.45) is 0 Å². The summed E-state index contributed by atoms with van der Waals surface area (Å²) in [4.78, 5) is 0. The Morgan fingerprint density at radius 1 is 1.40 bits per heavy atom. The number of hydrogen-bond donors (Lipinski definition) is 2. The molecular weight excluding hydrogens is 274 g/mol. The highest BCUT2D eigenvalue weighted by molar-refractivity contribution is 6.31. The molecule has 2 rings (SSSR count). The van der Waals surface area contributed by atoms with E-state index in [2.05, 4.69) is 17.3 Å². The first kappa shape index (κ1) is 15.0. The summed E-state index contributed by atoms with van der Waals surface area (Å²) in [7, 11) is 0. The van der Waals surface area contributed by atoms with Crippen molar-refractivity contribution in [1.29, 1.82) is 0 Å². The largest absolute Gasteiger partial charge is 0.387 e. The van der Waals surface area contributed by atoms with Crippen molar-refractivity contribution in [3.8, 4) is 0 Å². The van der Waals surface area contributed by atoms with Gasteiger partial charge in [-0.3, -0.25) is 4.68 Å². The van der Waals surface area contributed by atoms with Crippen LogP contribution in [0.3, 0.4) is 0 Å². The van der Waals surface area contributed by atoms with Gasteiger partial charge in [-0.1, -0.05) is 29.8 Å². The second kappa shape index (κ2) is 6.88. The van der Waals surface area contributed by atoms with E-state index in [1.807, 2.05) is 42.2 Å². The quantitative estimate of drug-likeness (QED) is 0.860. The molecule has 0 aliphatic carbocycles. The fourth-order valence-electron chi connectivity index (χ4n) is 2.08. The zero-order chi connectivity index (χ0) is 14.5. The fourth-order valence-corrected chi connectivity index (χ4v) is 2.34. The van der Waals surface area contributed by atoms with Crippen molar-refractivity contribution in [2.75, 3.05) is 6.54 Å². The van der Waals surface area contributed by atoms with Gasteiger partial charge in [0.2, 0.25) is 0 Å². The first-order valence-corrected chi connectivity index (χ1v) is 7.09. The molecule has 2 atom stereocenters. The number of benzene rings is 1. The van der Waals surface area contributed by atoms with Crippen LogP contribution in [0.1, 0.15) is 24.2 Å². The summed E-state index contributed by atoms with van der Waals surface area (Å²) in [6.45, 7) is 5.31. The lowest BCUT2D eigenvalue weighted by Gasteiger charge is -2.18. The van der Waals surface area contributed by atoms with Crippen molar-refractivity contribution < 1.29 is 5.11 Å². The van der Waals surface area contributed by atoms with Crippen molar-refractivity contribution in [3.63, 3.8) is 0 Å². The van der Waals surface area contributed by atoms with Gasteiger partial charge in [-0.2, -0.15) is 5.10 Å². The Labute approximate surface area is 124 Å². The van der Waals surface area contributed by atoms with E-state index in [1.165, 1.54) is 0 Å². The van der Waals surface area contributed by atoms with Crippen molar-refractivity contribution in [3.05, 3.63) is 52.8 Å². The van der Waals surface area contributed by atoms with Gasteiger partial charge in [0.05, 0.1) is 18.8 Å². The zero-order valence-corrected chi connectivity index (χ0v) is 12.5. The van der Waals surface area contributed by atoms with E-state index in [9.17, 15) is 5.11 Å². The Bertz CT molecular complexity index is 556. The van der Waals surface area contributed by atoms with Crippen molar-refractivity contribution in [2.45, 2.75) is 32.5 Å². The highest BCUT2D eigenvalue weighted by atomic mass is 35.5. The van der Waals surface area contributed by atoms with Gasteiger partial charge in [0.1, 0.15) is 0 Å². The van der Waals surface area contributed by atoms with Gasteiger partial charge in [-0.05, 0) is 25.5 Å². The fraction of sp³-hybridized carbons (Fsp3) is 0.400. The van der Waals surface area contributed by atoms with Crippen LogP contribution in [0.25, 0.3) is 0 Å². The predicted molar refractivity (Wildman–Crippen MR) is 80.8 cm³/mol. The average molecular weight is 294 g/mol. The molecule has 2 unspecified atom stereocenters. The third-order valence-electron chi connectivity index (χ3n) is 3.15. The molecule has 0 amide bonds. The molecule has 0 aliphatic rings. The molecule has 108 valence electrons. The lowest BCUT2D eigenvalue weighted by Crippen LogP contribution is -2.34. The van der Waals surface area contributed by atoms with Gasteiger partial charge < -0.3 is 10.4 Å². The number of hydrogen-bond acceptors (Lipinski definition) is 3. The molecule has 1 aromatic carbocycles. The summed E-state index contributed by atoms with van der Waals surface area (Å²) in [5.41, 5.74) is 1.90. The molecule has 1 aromatic heterocycles. The number of aliphatic hydroxyl groups is 1. The van der Waals surface area contributed by atoms with Gasteiger partial charge in [0.15, 0.2) is 0 Å². The van der Waals surface area contributed by atoms with E-state index in [1.54, 1.807) is 6.07 Å². The molecule has 0 fully saturated rings. The molecule has 0 bridgehead atoms. The highest BCUT2D eigenvalue weighted by Gasteiger charge is 2.12. The van der Waals surface area contributed by atoms with Gasteiger partial charge in [0.25, 0.3) is 0 Å². The Hall–Kier alpha value is -1.36. The molecule has 2 N–H and O–H groups in total. The van der Waals surface area contributed by atoms with E-state index in [-0.39, 0.29) is 6.04 Å². The molecule has 0 radical (unpaired) electrons. The van der Waals surface area contributed by atoms with Crippen LogP contribution in [-0.2, 0) is 6.54 Å². The molecule has 5 heteroatoms. The summed E-state index contributed by atoms with van der Waals surface area (Å²) >= 11 is 6.07. The minimum Gasteiger partial charge on any atom is -0.387 e. The summed E-state index contributed by atoms with van der Waals surface area (Å²) in [6, 6.07) is 7.58. The maximum absolute atomic E-state index is 10.2. The summed E-state index contributed by atoms with van der Waals surface area (Å²) < 4.78 is 1.90. The Morgan fingerprint density at radius 2 is 2.15 bits per heavy atom. The number of halogens is 1. The number of aliphatic hydroxyl groups excluding tert-OH is 1. The van der Waals surface area contributed by atoms with E-state index >= 15 is 0 Å². The zero-order valence-electron chi connectivity index (χ0n) is 11.8. The molecule has 0 saturated heterocycles. The molecule has 0 spiro atoms. The summed E-state index contributed by atoms with van der Waals surface area (Å²) in [5.74, 6) is 0. The monoisotopic (exact) mass is 293 g/mol. The maximum atomic E-state index is 10.2. The minimum atomic E-state index is -0.606. The topological polar surface area (TPSA) is 50.1 Å². The van der Waals surface area contributed by atoms with Crippen LogP contribution in [0.2, 0.25) is 5.02 Å². The predicted octanol–water partition coefficient (Wildman–Crippen LogP) is 2.56. The van der Waals surface area contributed by atoms with Crippen LogP contribution in [0.5, 0.6) is 0 Å². The molecule has 2 aromatic rings. The first-order valence-electron chi connectivity index (χ1n) is 6.71. The second-order valence-corrected chi connectivity index (χ2v) is 5.49. The van der Waals surface area contributed by atoms with Crippen LogP contribution in [0.15, 0.2) is 36.7 Å². The Morgan fingerprint density at radius 3 is 2.80 bits per heavy atom.